The number of aliphatic carboxylic acids is 1. The number of hydrogen-bond acceptors (Lipinski definition) is 8. The normalized spacial score (nSPS) is 10.8. The molecule has 2 heterocycles. The minimum absolute atomic E-state index is 0.174. The molecule has 0 atom stereocenters. The lowest BCUT2D eigenvalue weighted by Crippen LogP contribution is -2.24. The number of hydrogen-bond donors (Lipinski definition) is 0. The first-order valence-electron chi connectivity index (χ1n) is 6.90. The van der Waals surface area contributed by atoms with Crippen molar-refractivity contribution in [1.29, 1.82) is 0 Å². The second kappa shape index (κ2) is 6.75. The number of rotatable bonds is 6. The van der Waals surface area contributed by atoms with Crippen molar-refractivity contribution in [3.8, 4) is 22.9 Å². The lowest BCUT2D eigenvalue weighted by Gasteiger charge is -2.08. The van der Waals surface area contributed by atoms with Crippen molar-refractivity contribution in [1.82, 2.24) is 19.8 Å². The topological polar surface area (TPSA) is 102 Å². The molecule has 0 spiro atoms. The molecule has 3 rings (SSSR count). The molecular formula is C15H13N4O4S-. The first-order valence-corrected chi connectivity index (χ1v) is 7.88. The maximum atomic E-state index is 10.6. The number of benzene rings is 1. The predicted molar refractivity (Wildman–Crippen MR) is 85.1 cm³/mol. The van der Waals surface area contributed by atoms with Crippen LogP contribution in [-0.2, 0) is 4.79 Å². The summed E-state index contributed by atoms with van der Waals surface area (Å²) in [4.78, 5) is 10.6. The van der Waals surface area contributed by atoms with Crippen LogP contribution in [0.3, 0.4) is 0 Å². The SMILES string of the molecule is COc1ccc(-c2nnc3ccc(SCC(=O)[O-])nn23)cc1OC. The highest BCUT2D eigenvalue weighted by molar-refractivity contribution is 7.99. The van der Waals surface area contributed by atoms with Gasteiger partial charge in [0.2, 0.25) is 0 Å². The highest BCUT2D eigenvalue weighted by Crippen LogP contribution is 2.31. The van der Waals surface area contributed by atoms with E-state index in [0.29, 0.717) is 28.0 Å². The van der Waals surface area contributed by atoms with Crippen LogP contribution >= 0.6 is 11.8 Å². The van der Waals surface area contributed by atoms with Crippen molar-refractivity contribution in [2.75, 3.05) is 20.0 Å². The van der Waals surface area contributed by atoms with E-state index in [0.717, 1.165) is 17.3 Å². The van der Waals surface area contributed by atoms with Gasteiger partial charge in [0.25, 0.3) is 0 Å². The van der Waals surface area contributed by atoms with Crippen LogP contribution in [0.25, 0.3) is 17.0 Å². The summed E-state index contributed by atoms with van der Waals surface area (Å²) in [5, 5.41) is 23.7. The maximum Gasteiger partial charge on any atom is 0.185 e. The minimum atomic E-state index is -1.15. The Morgan fingerprint density at radius 1 is 1.17 bits per heavy atom. The smallest absolute Gasteiger partial charge is 0.185 e. The molecule has 1 aromatic carbocycles. The van der Waals surface area contributed by atoms with Gasteiger partial charge in [-0.15, -0.1) is 10.2 Å². The quantitative estimate of drug-likeness (QED) is 0.600. The predicted octanol–water partition coefficient (Wildman–Crippen LogP) is 0.650. The number of carboxylic acids is 1. The summed E-state index contributed by atoms with van der Waals surface area (Å²) in [7, 11) is 3.11. The standard InChI is InChI=1S/C15H14N4O4S/c1-22-10-4-3-9(7-11(10)23-2)15-17-16-12-5-6-13(18-19(12)15)24-8-14(20)21/h3-7H,8H2,1-2H3,(H,20,21)/p-1. The van der Waals surface area contributed by atoms with E-state index in [1.165, 1.54) is 0 Å². The molecule has 0 N–H and O–H groups in total. The van der Waals surface area contributed by atoms with Crippen molar-refractivity contribution in [2.45, 2.75) is 5.03 Å². The van der Waals surface area contributed by atoms with E-state index in [2.05, 4.69) is 15.3 Å². The Hall–Kier alpha value is -2.81. The van der Waals surface area contributed by atoms with Crippen LogP contribution in [0.2, 0.25) is 0 Å². The van der Waals surface area contributed by atoms with Gasteiger partial charge in [0.1, 0.15) is 5.03 Å². The van der Waals surface area contributed by atoms with E-state index in [4.69, 9.17) is 9.47 Å². The molecule has 24 heavy (non-hydrogen) atoms. The third-order valence-electron chi connectivity index (χ3n) is 3.22. The summed E-state index contributed by atoms with van der Waals surface area (Å²) < 4.78 is 12.1. The summed E-state index contributed by atoms with van der Waals surface area (Å²) in [6.45, 7) is 0. The number of fused-ring (bicyclic) bond motifs is 1. The highest BCUT2D eigenvalue weighted by Gasteiger charge is 2.13. The third kappa shape index (κ3) is 3.11. The fourth-order valence-corrected chi connectivity index (χ4v) is 2.71. The molecular weight excluding hydrogens is 332 g/mol. The molecule has 0 amide bonds. The van der Waals surface area contributed by atoms with Crippen LogP contribution in [0.1, 0.15) is 0 Å². The Balaban J connectivity index is 2.03. The highest BCUT2D eigenvalue weighted by atomic mass is 32.2. The minimum Gasteiger partial charge on any atom is -0.549 e. The Bertz CT molecular complexity index is 896. The summed E-state index contributed by atoms with van der Waals surface area (Å²) in [5.74, 6) is 0.363. The monoisotopic (exact) mass is 345 g/mol. The van der Waals surface area contributed by atoms with Crippen LogP contribution in [-0.4, -0.2) is 45.8 Å². The molecule has 0 aliphatic carbocycles. The molecule has 0 fully saturated rings. The zero-order valence-corrected chi connectivity index (χ0v) is 13.7. The Morgan fingerprint density at radius 3 is 2.67 bits per heavy atom. The average Bonchev–Trinajstić information content (AvgIpc) is 3.02. The van der Waals surface area contributed by atoms with Crippen LogP contribution in [0.4, 0.5) is 0 Å². The zero-order valence-electron chi connectivity index (χ0n) is 12.9. The molecule has 0 unspecified atom stereocenters. The number of carbonyl (C=O) groups excluding carboxylic acids is 1. The summed E-state index contributed by atoms with van der Waals surface area (Å²) in [6.07, 6.45) is 0. The lowest BCUT2D eigenvalue weighted by molar-refractivity contribution is -0.301. The lowest BCUT2D eigenvalue weighted by atomic mass is 10.2. The molecule has 0 saturated heterocycles. The molecule has 0 aliphatic rings. The Labute approximate surface area is 141 Å². The van der Waals surface area contributed by atoms with E-state index >= 15 is 0 Å². The van der Waals surface area contributed by atoms with Crippen molar-refractivity contribution < 1.29 is 19.4 Å². The van der Waals surface area contributed by atoms with Crippen LogP contribution < -0.4 is 14.6 Å². The second-order valence-electron chi connectivity index (χ2n) is 4.70. The molecule has 0 saturated carbocycles. The number of nitrogens with zero attached hydrogens (tertiary/aromatic N) is 4. The molecule has 3 aromatic rings. The number of aromatic nitrogens is 4. The third-order valence-corrected chi connectivity index (χ3v) is 4.11. The van der Waals surface area contributed by atoms with E-state index in [1.54, 1.807) is 43.0 Å². The van der Waals surface area contributed by atoms with Gasteiger partial charge in [-0.2, -0.15) is 9.61 Å². The van der Waals surface area contributed by atoms with E-state index < -0.39 is 5.97 Å². The zero-order chi connectivity index (χ0) is 17.1. The number of carboxylic acid groups (broad SMARTS) is 1. The van der Waals surface area contributed by atoms with Crippen molar-refractivity contribution >= 4 is 23.4 Å². The van der Waals surface area contributed by atoms with Gasteiger partial charge in [0.15, 0.2) is 23.0 Å². The largest absolute Gasteiger partial charge is 0.549 e. The van der Waals surface area contributed by atoms with Crippen LogP contribution in [0.15, 0.2) is 35.4 Å². The van der Waals surface area contributed by atoms with E-state index in [1.807, 2.05) is 6.07 Å². The maximum absolute atomic E-state index is 10.6. The first kappa shape index (κ1) is 16.1. The van der Waals surface area contributed by atoms with Crippen LogP contribution in [0.5, 0.6) is 11.5 Å². The Morgan fingerprint density at radius 2 is 1.96 bits per heavy atom. The average molecular weight is 345 g/mol. The van der Waals surface area contributed by atoms with Crippen molar-refractivity contribution in [3.05, 3.63) is 30.3 Å². The molecule has 0 bridgehead atoms. The molecule has 9 heteroatoms. The molecule has 0 aliphatic heterocycles. The van der Waals surface area contributed by atoms with Gasteiger partial charge in [-0.3, -0.25) is 0 Å². The Kier molecular flexibility index (Phi) is 4.52. The van der Waals surface area contributed by atoms with E-state index in [9.17, 15) is 9.90 Å². The number of carbonyl (C=O) groups is 1. The summed E-state index contributed by atoms with van der Waals surface area (Å²) in [5.41, 5.74) is 1.30. The van der Waals surface area contributed by atoms with Gasteiger partial charge in [0, 0.05) is 11.3 Å². The molecule has 2 aromatic heterocycles. The van der Waals surface area contributed by atoms with Gasteiger partial charge >= 0.3 is 0 Å². The van der Waals surface area contributed by atoms with Gasteiger partial charge in [0.05, 0.1) is 20.2 Å². The summed E-state index contributed by atoms with van der Waals surface area (Å²) >= 11 is 1.07. The number of ether oxygens (including phenoxy) is 2. The molecule has 8 nitrogen and oxygen atoms in total. The molecule has 124 valence electrons. The fraction of sp³-hybridized carbons (Fsp3) is 0.200. The number of thioether (sulfide) groups is 1. The van der Waals surface area contributed by atoms with Gasteiger partial charge in [-0.05, 0) is 30.3 Å². The summed E-state index contributed by atoms with van der Waals surface area (Å²) in [6, 6.07) is 8.78. The number of methoxy groups -OCH3 is 2. The first-order chi connectivity index (χ1) is 11.6. The van der Waals surface area contributed by atoms with Gasteiger partial charge in [-0.25, -0.2) is 0 Å². The second-order valence-corrected chi connectivity index (χ2v) is 5.69. The van der Waals surface area contributed by atoms with Crippen molar-refractivity contribution in [3.63, 3.8) is 0 Å². The van der Waals surface area contributed by atoms with Crippen LogP contribution in [0, 0.1) is 0 Å². The van der Waals surface area contributed by atoms with Crippen molar-refractivity contribution in [2.24, 2.45) is 0 Å². The van der Waals surface area contributed by atoms with Gasteiger partial charge < -0.3 is 19.4 Å². The van der Waals surface area contributed by atoms with E-state index in [-0.39, 0.29) is 5.75 Å². The molecule has 0 radical (unpaired) electrons. The fourth-order valence-electron chi connectivity index (χ4n) is 2.14. The van der Waals surface area contributed by atoms with Gasteiger partial charge in [-0.1, -0.05) is 11.8 Å².